The highest BCUT2D eigenvalue weighted by Gasteiger charge is 2.22. The molecule has 7 heteroatoms. The summed E-state index contributed by atoms with van der Waals surface area (Å²) < 4.78 is 0. The van der Waals surface area contributed by atoms with Crippen molar-refractivity contribution in [3.8, 4) is 0 Å². The predicted molar refractivity (Wildman–Crippen MR) is 102 cm³/mol. The standard InChI is InChI=1S/C20H24N4O3/c1-14(2)18-8-7-17(13-21-18)23-9-11-24(12-10-23)20(26)16-5-3-15(4-6-16)19(25)22-27/h3-8,13-14,27H,9-12H2,1-2H3,(H,22,25). The number of nitrogens with zero attached hydrogens (tertiary/aromatic N) is 3. The van der Waals surface area contributed by atoms with Crippen molar-refractivity contribution in [1.29, 1.82) is 0 Å². The Morgan fingerprint density at radius 3 is 2.15 bits per heavy atom. The molecule has 0 saturated carbocycles. The average molecular weight is 368 g/mol. The second kappa shape index (κ2) is 8.18. The summed E-state index contributed by atoms with van der Waals surface area (Å²) >= 11 is 0. The van der Waals surface area contributed by atoms with E-state index >= 15 is 0 Å². The molecule has 0 radical (unpaired) electrons. The third kappa shape index (κ3) is 4.25. The summed E-state index contributed by atoms with van der Waals surface area (Å²) in [5.41, 5.74) is 4.56. The Morgan fingerprint density at radius 2 is 1.63 bits per heavy atom. The van der Waals surface area contributed by atoms with Gasteiger partial charge in [-0.2, -0.15) is 0 Å². The van der Waals surface area contributed by atoms with Crippen LogP contribution in [0, 0.1) is 0 Å². The predicted octanol–water partition coefficient (Wildman–Crippen LogP) is 2.29. The van der Waals surface area contributed by atoms with Gasteiger partial charge in [0.15, 0.2) is 0 Å². The van der Waals surface area contributed by atoms with Gasteiger partial charge in [0.2, 0.25) is 0 Å². The van der Waals surface area contributed by atoms with Crippen LogP contribution in [0.5, 0.6) is 0 Å². The van der Waals surface area contributed by atoms with Crippen molar-refractivity contribution in [3.63, 3.8) is 0 Å². The van der Waals surface area contributed by atoms with Gasteiger partial charge in [-0.05, 0) is 42.3 Å². The number of aromatic nitrogens is 1. The van der Waals surface area contributed by atoms with Crippen molar-refractivity contribution >= 4 is 17.5 Å². The average Bonchev–Trinajstić information content (AvgIpc) is 2.73. The van der Waals surface area contributed by atoms with Crippen molar-refractivity contribution in [2.75, 3.05) is 31.1 Å². The first kappa shape index (κ1) is 18.8. The van der Waals surface area contributed by atoms with E-state index in [1.807, 2.05) is 11.1 Å². The number of pyridine rings is 1. The van der Waals surface area contributed by atoms with Crippen molar-refractivity contribution in [1.82, 2.24) is 15.4 Å². The van der Waals surface area contributed by atoms with E-state index < -0.39 is 5.91 Å². The lowest BCUT2D eigenvalue weighted by Crippen LogP contribution is -2.48. The summed E-state index contributed by atoms with van der Waals surface area (Å²) in [5, 5.41) is 8.65. The minimum absolute atomic E-state index is 0.0566. The van der Waals surface area contributed by atoms with E-state index in [1.165, 1.54) is 12.1 Å². The SMILES string of the molecule is CC(C)c1ccc(N2CCN(C(=O)c3ccc(C(=O)NO)cc3)CC2)cn1. The van der Waals surface area contributed by atoms with Crippen molar-refractivity contribution in [2.45, 2.75) is 19.8 Å². The van der Waals surface area contributed by atoms with Gasteiger partial charge in [0.25, 0.3) is 11.8 Å². The molecule has 27 heavy (non-hydrogen) atoms. The molecule has 1 fully saturated rings. The van der Waals surface area contributed by atoms with E-state index in [0.29, 0.717) is 30.1 Å². The smallest absolute Gasteiger partial charge is 0.274 e. The Balaban J connectivity index is 1.59. The fourth-order valence-electron chi connectivity index (χ4n) is 3.11. The molecule has 142 valence electrons. The summed E-state index contributed by atoms with van der Waals surface area (Å²) in [6.45, 7) is 7.00. The van der Waals surface area contributed by atoms with Gasteiger partial charge in [-0.3, -0.25) is 19.8 Å². The number of amides is 2. The summed E-state index contributed by atoms with van der Waals surface area (Å²) in [4.78, 5) is 32.6. The molecule has 2 heterocycles. The van der Waals surface area contributed by atoms with E-state index in [2.05, 4.69) is 35.9 Å². The first-order valence-corrected chi connectivity index (χ1v) is 9.04. The summed E-state index contributed by atoms with van der Waals surface area (Å²) in [7, 11) is 0. The van der Waals surface area contributed by atoms with Gasteiger partial charge in [-0.25, -0.2) is 5.48 Å². The highest BCUT2D eigenvalue weighted by molar-refractivity contribution is 5.97. The van der Waals surface area contributed by atoms with Crippen LogP contribution >= 0.6 is 0 Å². The molecule has 1 saturated heterocycles. The number of hydrogen-bond acceptors (Lipinski definition) is 5. The largest absolute Gasteiger partial charge is 0.367 e. The molecule has 2 amide bonds. The molecule has 1 aromatic heterocycles. The zero-order valence-electron chi connectivity index (χ0n) is 15.6. The van der Waals surface area contributed by atoms with Crippen LogP contribution in [0.1, 0.15) is 46.2 Å². The fourth-order valence-corrected chi connectivity index (χ4v) is 3.11. The first-order valence-electron chi connectivity index (χ1n) is 9.04. The molecule has 1 aliphatic heterocycles. The monoisotopic (exact) mass is 368 g/mol. The molecule has 0 spiro atoms. The van der Waals surface area contributed by atoms with E-state index in [-0.39, 0.29) is 5.91 Å². The number of carbonyl (C=O) groups is 2. The normalized spacial score (nSPS) is 14.4. The molecule has 1 aliphatic rings. The molecule has 0 aliphatic carbocycles. The third-order valence-corrected chi connectivity index (χ3v) is 4.79. The van der Waals surface area contributed by atoms with Crippen LogP contribution < -0.4 is 10.4 Å². The van der Waals surface area contributed by atoms with Gasteiger partial charge in [0.1, 0.15) is 0 Å². The lowest BCUT2D eigenvalue weighted by Gasteiger charge is -2.36. The summed E-state index contributed by atoms with van der Waals surface area (Å²) in [6.07, 6.45) is 1.90. The zero-order valence-corrected chi connectivity index (χ0v) is 15.6. The van der Waals surface area contributed by atoms with Crippen molar-refractivity contribution in [3.05, 3.63) is 59.4 Å². The van der Waals surface area contributed by atoms with Crippen molar-refractivity contribution < 1.29 is 14.8 Å². The summed E-state index contributed by atoms with van der Waals surface area (Å²) in [5.74, 6) is -0.248. The topological polar surface area (TPSA) is 85.8 Å². The van der Waals surface area contributed by atoms with Crippen LogP contribution in [0.4, 0.5) is 5.69 Å². The number of hydroxylamine groups is 1. The first-order chi connectivity index (χ1) is 13.0. The second-order valence-electron chi connectivity index (χ2n) is 6.89. The number of nitrogens with one attached hydrogen (secondary N) is 1. The Bertz CT molecular complexity index is 795. The molecule has 2 N–H and O–H groups in total. The molecule has 3 rings (SSSR count). The van der Waals surface area contributed by atoms with Crippen molar-refractivity contribution in [2.24, 2.45) is 0 Å². The number of piperazine rings is 1. The molecular weight excluding hydrogens is 344 g/mol. The second-order valence-corrected chi connectivity index (χ2v) is 6.89. The van der Waals surface area contributed by atoms with Gasteiger partial charge in [-0.15, -0.1) is 0 Å². The maximum atomic E-state index is 12.7. The zero-order chi connectivity index (χ0) is 19.4. The Hall–Kier alpha value is -2.93. The molecule has 1 aromatic carbocycles. The Morgan fingerprint density at radius 1 is 1.00 bits per heavy atom. The van der Waals surface area contributed by atoms with Gasteiger partial charge in [-0.1, -0.05) is 13.8 Å². The van der Waals surface area contributed by atoms with Gasteiger partial charge in [0.05, 0.1) is 11.9 Å². The van der Waals surface area contributed by atoms with Gasteiger partial charge in [0, 0.05) is 43.0 Å². The molecule has 7 nitrogen and oxygen atoms in total. The van der Waals surface area contributed by atoms with Crippen LogP contribution in [-0.4, -0.2) is 53.1 Å². The quantitative estimate of drug-likeness (QED) is 0.639. The molecule has 2 aromatic rings. The van der Waals surface area contributed by atoms with Crippen LogP contribution in [0.25, 0.3) is 0 Å². The Labute approximate surface area is 158 Å². The van der Waals surface area contributed by atoms with E-state index in [9.17, 15) is 9.59 Å². The number of hydrogen-bond donors (Lipinski definition) is 2. The molecule has 0 bridgehead atoms. The van der Waals surface area contributed by atoms with Gasteiger partial charge >= 0.3 is 0 Å². The molecule has 0 unspecified atom stereocenters. The van der Waals surface area contributed by atoms with E-state index in [1.54, 1.807) is 17.6 Å². The molecular formula is C20H24N4O3. The minimum Gasteiger partial charge on any atom is -0.367 e. The number of benzene rings is 1. The number of anilines is 1. The number of rotatable bonds is 4. The third-order valence-electron chi connectivity index (χ3n) is 4.79. The summed E-state index contributed by atoms with van der Waals surface area (Å²) in [6, 6.07) is 10.4. The van der Waals surface area contributed by atoms with Crippen LogP contribution in [0.15, 0.2) is 42.6 Å². The maximum absolute atomic E-state index is 12.7. The van der Waals surface area contributed by atoms with Crippen LogP contribution in [-0.2, 0) is 0 Å². The lowest BCUT2D eigenvalue weighted by molar-refractivity contribution is 0.0704. The minimum atomic E-state index is -0.597. The highest BCUT2D eigenvalue weighted by atomic mass is 16.5. The van der Waals surface area contributed by atoms with Crippen LogP contribution in [0.3, 0.4) is 0 Å². The molecule has 0 atom stereocenters. The fraction of sp³-hybridized carbons (Fsp3) is 0.350. The van der Waals surface area contributed by atoms with E-state index in [0.717, 1.165) is 24.5 Å². The Kier molecular flexibility index (Phi) is 5.71. The van der Waals surface area contributed by atoms with E-state index in [4.69, 9.17) is 5.21 Å². The highest BCUT2D eigenvalue weighted by Crippen LogP contribution is 2.19. The maximum Gasteiger partial charge on any atom is 0.274 e. The number of carbonyl (C=O) groups excluding carboxylic acids is 2. The van der Waals surface area contributed by atoms with Crippen LogP contribution in [0.2, 0.25) is 0 Å². The van der Waals surface area contributed by atoms with Gasteiger partial charge < -0.3 is 9.80 Å². The lowest BCUT2D eigenvalue weighted by atomic mass is 10.1.